The van der Waals surface area contributed by atoms with E-state index in [9.17, 15) is 0 Å². The molecular formula is C13H15NO. The number of furan rings is 1. The molecule has 1 aromatic heterocycles. The van der Waals surface area contributed by atoms with Crippen molar-refractivity contribution in [3.63, 3.8) is 0 Å². The van der Waals surface area contributed by atoms with Crippen molar-refractivity contribution in [2.24, 2.45) is 0 Å². The number of para-hydroxylation sites is 1. The average molecular weight is 201 g/mol. The fourth-order valence-corrected chi connectivity index (χ4v) is 2.57. The predicted molar refractivity (Wildman–Crippen MR) is 61.0 cm³/mol. The summed E-state index contributed by atoms with van der Waals surface area (Å²) in [5, 5.41) is 4.76. The van der Waals surface area contributed by atoms with Crippen LogP contribution in [0.2, 0.25) is 0 Å². The van der Waals surface area contributed by atoms with Crippen molar-refractivity contribution in [1.82, 2.24) is 5.32 Å². The van der Waals surface area contributed by atoms with Crippen molar-refractivity contribution >= 4 is 11.0 Å². The van der Waals surface area contributed by atoms with Gasteiger partial charge in [0, 0.05) is 22.9 Å². The van der Waals surface area contributed by atoms with Crippen molar-refractivity contribution in [3.05, 3.63) is 36.1 Å². The molecule has 2 heteroatoms. The highest BCUT2D eigenvalue weighted by molar-refractivity contribution is 5.81. The van der Waals surface area contributed by atoms with Gasteiger partial charge in [0.15, 0.2) is 0 Å². The molecule has 0 aliphatic carbocycles. The molecule has 15 heavy (non-hydrogen) atoms. The molecule has 2 aromatic rings. The lowest BCUT2D eigenvalue weighted by atomic mass is 9.93. The van der Waals surface area contributed by atoms with Gasteiger partial charge in [-0.05, 0) is 26.0 Å². The molecule has 0 amide bonds. The van der Waals surface area contributed by atoms with Gasteiger partial charge < -0.3 is 9.73 Å². The predicted octanol–water partition coefficient (Wildman–Crippen LogP) is 2.90. The highest BCUT2D eigenvalue weighted by Gasteiger charge is 2.26. The largest absolute Gasteiger partial charge is 0.464 e. The number of hydrogen-bond donors (Lipinski definition) is 1. The van der Waals surface area contributed by atoms with E-state index in [-0.39, 0.29) is 0 Å². The van der Waals surface area contributed by atoms with Gasteiger partial charge in [-0.15, -0.1) is 0 Å². The van der Waals surface area contributed by atoms with Crippen molar-refractivity contribution in [3.8, 4) is 0 Å². The first-order chi connectivity index (χ1) is 7.36. The first-order valence-corrected chi connectivity index (χ1v) is 5.56. The topological polar surface area (TPSA) is 25.2 Å². The minimum Gasteiger partial charge on any atom is -0.464 e. The van der Waals surface area contributed by atoms with Gasteiger partial charge in [0.2, 0.25) is 0 Å². The lowest BCUT2D eigenvalue weighted by Crippen LogP contribution is -2.21. The second kappa shape index (κ2) is 3.38. The summed E-state index contributed by atoms with van der Waals surface area (Å²) >= 11 is 0. The zero-order valence-electron chi connectivity index (χ0n) is 8.86. The summed E-state index contributed by atoms with van der Waals surface area (Å²) in [5.41, 5.74) is 2.37. The van der Waals surface area contributed by atoms with Crippen LogP contribution in [0, 0.1) is 0 Å². The summed E-state index contributed by atoms with van der Waals surface area (Å²) in [6, 6.07) is 8.84. The monoisotopic (exact) mass is 201 g/mol. The molecule has 1 fully saturated rings. The maximum atomic E-state index is 5.58. The van der Waals surface area contributed by atoms with Crippen molar-refractivity contribution < 1.29 is 4.42 Å². The first-order valence-electron chi connectivity index (χ1n) is 5.56. The van der Waals surface area contributed by atoms with Crippen LogP contribution < -0.4 is 5.32 Å². The molecule has 0 saturated carbocycles. The molecular weight excluding hydrogens is 186 g/mol. The van der Waals surface area contributed by atoms with E-state index in [0.29, 0.717) is 12.0 Å². The fraction of sp³-hybridized carbons (Fsp3) is 0.385. The Balaban J connectivity index is 2.10. The van der Waals surface area contributed by atoms with E-state index in [0.717, 1.165) is 12.1 Å². The maximum Gasteiger partial charge on any atom is 0.134 e. The standard InChI is InChI=1S/C13H15NO/c1-9-10(6-7-14-9)12-8-15-13-5-3-2-4-11(12)13/h2-5,8-10,14H,6-7H2,1H3. The SMILES string of the molecule is CC1NCCC1c1coc2ccccc12. The van der Waals surface area contributed by atoms with E-state index in [1.807, 2.05) is 18.4 Å². The summed E-state index contributed by atoms with van der Waals surface area (Å²) in [6.45, 7) is 3.37. The van der Waals surface area contributed by atoms with E-state index in [2.05, 4.69) is 24.4 Å². The maximum absolute atomic E-state index is 5.58. The Morgan fingerprint density at radius 1 is 1.33 bits per heavy atom. The summed E-state index contributed by atoms with van der Waals surface area (Å²) in [6.07, 6.45) is 3.14. The third-order valence-corrected chi connectivity index (χ3v) is 3.44. The smallest absolute Gasteiger partial charge is 0.134 e. The van der Waals surface area contributed by atoms with Crippen LogP contribution >= 0.6 is 0 Å². The summed E-state index contributed by atoms with van der Waals surface area (Å²) in [4.78, 5) is 0. The summed E-state index contributed by atoms with van der Waals surface area (Å²) in [5.74, 6) is 0.605. The summed E-state index contributed by atoms with van der Waals surface area (Å²) < 4.78 is 5.58. The molecule has 1 aliphatic rings. The van der Waals surface area contributed by atoms with Gasteiger partial charge in [-0.25, -0.2) is 0 Å². The fourth-order valence-electron chi connectivity index (χ4n) is 2.57. The Kier molecular flexibility index (Phi) is 2.03. The molecule has 2 atom stereocenters. The highest BCUT2D eigenvalue weighted by Crippen LogP contribution is 2.33. The Morgan fingerprint density at radius 2 is 2.20 bits per heavy atom. The second-order valence-electron chi connectivity index (χ2n) is 4.33. The van der Waals surface area contributed by atoms with Crippen LogP contribution in [0.3, 0.4) is 0 Å². The number of rotatable bonds is 1. The van der Waals surface area contributed by atoms with Crippen LogP contribution in [-0.2, 0) is 0 Å². The lowest BCUT2D eigenvalue weighted by Gasteiger charge is -2.13. The highest BCUT2D eigenvalue weighted by atomic mass is 16.3. The molecule has 3 rings (SSSR count). The third kappa shape index (κ3) is 1.37. The third-order valence-electron chi connectivity index (χ3n) is 3.44. The van der Waals surface area contributed by atoms with Gasteiger partial charge in [0.1, 0.15) is 5.58 Å². The molecule has 0 radical (unpaired) electrons. The van der Waals surface area contributed by atoms with E-state index < -0.39 is 0 Å². The molecule has 2 heterocycles. The Hall–Kier alpha value is -1.28. The van der Waals surface area contributed by atoms with Gasteiger partial charge in [-0.3, -0.25) is 0 Å². The molecule has 1 aliphatic heterocycles. The molecule has 0 bridgehead atoms. The number of hydrogen-bond acceptors (Lipinski definition) is 2. The van der Waals surface area contributed by atoms with E-state index in [1.165, 1.54) is 17.4 Å². The molecule has 2 unspecified atom stereocenters. The average Bonchev–Trinajstić information content (AvgIpc) is 2.83. The Morgan fingerprint density at radius 3 is 3.00 bits per heavy atom. The Labute approximate surface area is 89.3 Å². The van der Waals surface area contributed by atoms with Gasteiger partial charge >= 0.3 is 0 Å². The van der Waals surface area contributed by atoms with Crippen molar-refractivity contribution in [1.29, 1.82) is 0 Å². The second-order valence-corrected chi connectivity index (χ2v) is 4.33. The van der Waals surface area contributed by atoms with Gasteiger partial charge in [0.25, 0.3) is 0 Å². The van der Waals surface area contributed by atoms with Crippen molar-refractivity contribution in [2.75, 3.05) is 6.54 Å². The molecule has 1 N–H and O–H groups in total. The van der Waals surface area contributed by atoms with Gasteiger partial charge in [-0.2, -0.15) is 0 Å². The molecule has 1 saturated heterocycles. The van der Waals surface area contributed by atoms with Gasteiger partial charge in [-0.1, -0.05) is 18.2 Å². The number of nitrogens with one attached hydrogen (secondary N) is 1. The lowest BCUT2D eigenvalue weighted by molar-refractivity contribution is 0.569. The van der Waals surface area contributed by atoms with E-state index in [1.54, 1.807) is 0 Å². The van der Waals surface area contributed by atoms with Crippen LogP contribution in [-0.4, -0.2) is 12.6 Å². The van der Waals surface area contributed by atoms with E-state index >= 15 is 0 Å². The van der Waals surface area contributed by atoms with Crippen molar-refractivity contribution in [2.45, 2.75) is 25.3 Å². The molecule has 78 valence electrons. The molecule has 2 nitrogen and oxygen atoms in total. The number of benzene rings is 1. The van der Waals surface area contributed by atoms with Crippen LogP contribution in [0.4, 0.5) is 0 Å². The van der Waals surface area contributed by atoms with Gasteiger partial charge in [0.05, 0.1) is 6.26 Å². The number of fused-ring (bicyclic) bond motifs is 1. The molecule has 0 spiro atoms. The van der Waals surface area contributed by atoms with Crippen LogP contribution in [0.5, 0.6) is 0 Å². The Bertz CT molecular complexity index is 474. The minimum atomic E-state index is 0.561. The quantitative estimate of drug-likeness (QED) is 0.767. The first kappa shape index (κ1) is 8.98. The zero-order valence-corrected chi connectivity index (χ0v) is 8.86. The summed E-state index contributed by atoms with van der Waals surface area (Å²) in [7, 11) is 0. The van der Waals surface area contributed by atoms with Crippen LogP contribution in [0.25, 0.3) is 11.0 Å². The zero-order chi connectivity index (χ0) is 10.3. The minimum absolute atomic E-state index is 0.561. The molecule has 1 aromatic carbocycles. The van der Waals surface area contributed by atoms with Crippen LogP contribution in [0.15, 0.2) is 34.9 Å². The van der Waals surface area contributed by atoms with E-state index in [4.69, 9.17) is 4.42 Å². The van der Waals surface area contributed by atoms with Crippen LogP contribution in [0.1, 0.15) is 24.8 Å². The normalized spacial score (nSPS) is 26.2.